The Morgan fingerprint density at radius 2 is 2.33 bits per heavy atom. The molecule has 0 aliphatic carbocycles. The second-order valence-electron chi connectivity index (χ2n) is 4.63. The molecule has 1 aliphatic heterocycles. The third kappa shape index (κ3) is 3.65. The number of hydrogen-bond acceptors (Lipinski definition) is 3. The molecule has 2 atom stereocenters. The van der Waals surface area contributed by atoms with E-state index in [4.69, 9.17) is 4.74 Å². The van der Waals surface area contributed by atoms with Gasteiger partial charge in [0, 0.05) is 16.1 Å². The first-order chi connectivity index (χ1) is 8.70. The zero-order chi connectivity index (χ0) is 13.0. The van der Waals surface area contributed by atoms with E-state index in [0.29, 0.717) is 11.7 Å². The number of ether oxygens (including phenoxy) is 1. The molecule has 1 aromatic rings. The van der Waals surface area contributed by atoms with Crippen molar-refractivity contribution in [2.24, 2.45) is 0 Å². The van der Waals surface area contributed by atoms with Crippen LogP contribution < -0.4 is 4.74 Å². The molecule has 0 aromatic heterocycles. The number of halogens is 1. The number of hydrogen-bond donors (Lipinski definition) is 1. The average Bonchev–Trinajstić information content (AvgIpc) is 2.42. The summed E-state index contributed by atoms with van der Waals surface area (Å²) in [5.41, 5.74) is 1.12. The predicted octanol–water partition coefficient (Wildman–Crippen LogP) is 3.65. The Bertz CT molecular complexity index is 391. The lowest BCUT2D eigenvalue weighted by atomic mass is 10.0. The summed E-state index contributed by atoms with van der Waals surface area (Å²) in [6.45, 7) is 0. The van der Waals surface area contributed by atoms with Crippen LogP contribution in [0.3, 0.4) is 0 Å². The van der Waals surface area contributed by atoms with Gasteiger partial charge in [-0.05, 0) is 42.4 Å². The van der Waals surface area contributed by atoms with Gasteiger partial charge in [-0.3, -0.25) is 0 Å². The second-order valence-corrected chi connectivity index (χ2v) is 6.84. The molecule has 0 radical (unpaired) electrons. The fraction of sp³-hybridized carbons (Fsp3) is 0.571. The highest BCUT2D eigenvalue weighted by molar-refractivity contribution is 9.10. The summed E-state index contributed by atoms with van der Waals surface area (Å²) in [5, 5.41) is 10.7. The molecule has 0 amide bonds. The Hall–Kier alpha value is -0.190. The van der Waals surface area contributed by atoms with Crippen LogP contribution in [0.4, 0.5) is 0 Å². The standard InChI is InChI=1S/C14H19BrO2S/c1-17-11-5-6-12(15)10(8-11)9-13(16)14-4-2-3-7-18-14/h5-6,8,13-14,16H,2-4,7,9H2,1H3. The Kier molecular flexibility index (Phi) is 5.39. The van der Waals surface area contributed by atoms with Crippen LogP contribution in [-0.2, 0) is 6.42 Å². The molecule has 1 N–H and O–H groups in total. The van der Waals surface area contributed by atoms with Gasteiger partial charge in [0.1, 0.15) is 5.75 Å². The highest BCUT2D eigenvalue weighted by atomic mass is 79.9. The van der Waals surface area contributed by atoms with E-state index in [0.717, 1.165) is 22.2 Å². The number of aliphatic hydroxyl groups is 1. The van der Waals surface area contributed by atoms with Crippen LogP contribution in [0.25, 0.3) is 0 Å². The first-order valence-electron chi connectivity index (χ1n) is 6.33. The summed E-state index contributed by atoms with van der Waals surface area (Å²) in [5.74, 6) is 2.03. The molecule has 2 unspecified atom stereocenters. The Labute approximate surface area is 121 Å². The first-order valence-corrected chi connectivity index (χ1v) is 8.17. The smallest absolute Gasteiger partial charge is 0.119 e. The van der Waals surface area contributed by atoms with E-state index in [1.807, 2.05) is 30.0 Å². The summed E-state index contributed by atoms with van der Waals surface area (Å²) in [6.07, 6.45) is 4.09. The van der Waals surface area contributed by atoms with Gasteiger partial charge in [-0.15, -0.1) is 0 Å². The molecule has 0 spiro atoms. The number of benzene rings is 1. The maximum absolute atomic E-state index is 10.3. The van der Waals surface area contributed by atoms with Gasteiger partial charge in [-0.2, -0.15) is 11.8 Å². The summed E-state index contributed by atoms with van der Waals surface area (Å²) >= 11 is 5.45. The van der Waals surface area contributed by atoms with Crippen LogP contribution in [0.5, 0.6) is 5.75 Å². The van der Waals surface area contributed by atoms with Gasteiger partial charge in [0.15, 0.2) is 0 Å². The summed E-state index contributed by atoms with van der Waals surface area (Å²) in [7, 11) is 1.67. The van der Waals surface area contributed by atoms with Gasteiger partial charge >= 0.3 is 0 Å². The van der Waals surface area contributed by atoms with Crippen LogP contribution in [0.1, 0.15) is 24.8 Å². The number of aliphatic hydroxyl groups excluding tert-OH is 1. The van der Waals surface area contributed by atoms with Crippen LogP contribution in [-0.4, -0.2) is 29.3 Å². The molecule has 1 fully saturated rings. The molecular formula is C14H19BrO2S. The van der Waals surface area contributed by atoms with Crippen molar-refractivity contribution < 1.29 is 9.84 Å². The minimum atomic E-state index is -0.265. The maximum atomic E-state index is 10.3. The second kappa shape index (κ2) is 6.83. The van der Waals surface area contributed by atoms with Crippen LogP contribution in [0.15, 0.2) is 22.7 Å². The Balaban J connectivity index is 2.03. The van der Waals surface area contributed by atoms with Crippen LogP contribution in [0, 0.1) is 0 Å². The fourth-order valence-electron chi connectivity index (χ4n) is 2.26. The highest BCUT2D eigenvalue weighted by Crippen LogP contribution is 2.31. The van der Waals surface area contributed by atoms with E-state index in [1.54, 1.807) is 7.11 Å². The SMILES string of the molecule is COc1ccc(Br)c(CC(O)C2CCCCS2)c1. The summed E-state index contributed by atoms with van der Waals surface area (Å²) < 4.78 is 6.27. The zero-order valence-corrected chi connectivity index (χ0v) is 13.0. The zero-order valence-electron chi connectivity index (χ0n) is 10.6. The molecule has 18 heavy (non-hydrogen) atoms. The lowest BCUT2D eigenvalue weighted by molar-refractivity contribution is 0.166. The van der Waals surface area contributed by atoms with Crippen molar-refractivity contribution in [3.8, 4) is 5.75 Å². The molecule has 1 aliphatic rings. The van der Waals surface area contributed by atoms with Gasteiger partial charge in [0.2, 0.25) is 0 Å². The molecule has 1 aromatic carbocycles. The lowest BCUT2D eigenvalue weighted by Crippen LogP contribution is -2.28. The predicted molar refractivity (Wildman–Crippen MR) is 80.5 cm³/mol. The van der Waals surface area contributed by atoms with E-state index >= 15 is 0 Å². The average molecular weight is 331 g/mol. The quantitative estimate of drug-likeness (QED) is 0.913. The fourth-order valence-corrected chi connectivity index (χ4v) is 3.99. The molecule has 1 heterocycles. The van der Waals surface area contributed by atoms with E-state index in [1.165, 1.54) is 18.6 Å². The molecule has 0 saturated carbocycles. The number of rotatable bonds is 4. The molecule has 4 heteroatoms. The monoisotopic (exact) mass is 330 g/mol. The van der Waals surface area contributed by atoms with E-state index in [-0.39, 0.29) is 6.10 Å². The normalized spacial score (nSPS) is 21.6. The van der Waals surface area contributed by atoms with Gasteiger partial charge < -0.3 is 9.84 Å². The lowest BCUT2D eigenvalue weighted by Gasteiger charge is -2.26. The topological polar surface area (TPSA) is 29.5 Å². The van der Waals surface area contributed by atoms with Crippen molar-refractivity contribution in [3.05, 3.63) is 28.2 Å². The highest BCUT2D eigenvalue weighted by Gasteiger charge is 2.23. The molecule has 1 saturated heterocycles. The first kappa shape index (κ1) is 14.2. The van der Waals surface area contributed by atoms with Crippen LogP contribution in [0.2, 0.25) is 0 Å². The minimum Gasteiger partial charge on any atom is -0.497 e. The third-order valence-corrected chi connectivity index (χ3v) is 5.60. The van der Waals surface area contributed by atoms with E-state index in [2.05, 4.69) is 15.9 Å². The number of methoxy groups -OCH3 is 1. The number of thioether (sulfide) groups is 1. The minimum absolute atomic E-state index is 0.265. The van der Waals surface area contributed by atoms with Crippen molar-refractivity contribution in [3.63, 3.8) is 0 Å². The largest absolute Gasteiger partial charge is 0.497 e. The van der Waals surface area contributed by atoms with Gasteiger partial charge in [0.05, 0.1) is 13.2 Å². The van der Waals surface area contributed by atoms with E-state index < -0.39 is 0 Å². The van der Waals surface area contributed by atoms with Gasteiger partial charge in [-0.1, -0.05) is 22.4 Å². The van der Waals surface area contributed by atoms with Gasteiger partial charge in [0.25, 0.3) is 0 Å². The molecular weight excluding hydrogens is 312 g/mol. The molecule has 100 valence electrons. The van der Waals surface area contributed by atoms with Crippen molar-refractivity contribution in [1.82, 2.24) is 0 Å². The summed E-state index contributed by atoms with van der Waals surface area (Å²) in [6, 6.07) is 5.91. The summed E-state index contributed by atoms with van der Waals surface area (Å²) in [4.78, 5) is 0. The third-order valence-electron chi connectivity index (χ3n) is 3.33. The van der Waals surface area contributed by atoms with Crippen molar-refractivity contribution in [2.75, 3.05) is 12.9 Å². The molecule has 0 bridgehead atoms. The Morgan fingerprint density at radius 3 is 3.00 bits per heavy atom. The molecule has 2 nitrogen and oxygen atoms in total. The van der Waals surface area contributed by atoms with Crippen molar-refractivity contribution in [2.45, 2.75) is 37.0 Å². The van der Waals surface area contributed by atoms with Crippen LogP contribution >= 0.6 is 27.7 Å². The van der Waals surface area contributed by atoms with Crippen molar-refractivity contribution in [1.29, 1.82) is 0 Å². The van der Waals surface area contributed by atoms with Crippen molar-refractivity contribution >= 4 is 27.7 Å². The van der Waals surface area contributed by atoms with E-state index in [9.17, 15) is 5.11 Å². The maximum Gasteiger partial charge on any atom is 0.119 e. The van der Waals surface area contributed by atoms with Gasteiger partial charge in [-0.25, -0.2) is 0 Å². The molecule has 2 rings (SSSR count). The Morgan fingerprint density at radius 1 is 1.50 bits per heavy atom.